The number of hydrogen-bond donors (Lipinski definition) is 0. The molecule has 0 N–H and O–H groups in total. The first kappa shape index (κ1) is 12.4. The summed E-state index contributed by atoms with van der Waals surface area (Å²) >= 11 is 0. The summed E-state index contributed by atoms with van der Waals surface area (Å²) in [6.07, 6.45) is 0.799. The van der Waals surface area contributed by atoms with Gasteiger partial charge in [0.05, 0.1) is 5.56 Å². The van der Waals surface area contributed by atoms with Crippen LogP contribution in [-0.4, -0.2) is 5.78 Å². The minimum absolute atomic E-state index is 0.107. The summed E-state index contributed by atoms with van der Waals surface area (Å²) in [5.41, 5.74) is 1.31. The van der Waals surface area contributed by atoms with Gasteiger partial charge in [-0.2, -0.15) is 0 Å². The van der Waals surface area contributed by atoms with Crippen molar-refractivity contribution in [1.82, 2.24) is 0 Å². The summed E-state index contributed by atoms with van der Waals surface area (Å²) in [6.45, 7) is 1.97. The van der Waals surface area contributed by atoms with Crippen LogP contribution < -0.4 is 0 Å². The first-order chi connectivity index (χ1) is 8.61. The molecule has 0 bridgehead atoms. The average Bonchev–Trinajstić information content (AvgIpc) is 2.38. The Balaban J connectivity index is 2.41. The number of halogens is 2. The van der Waals surface area contributed by atoms with Crippen molar-refractivity contribution in [2.45, 2.75) is 13.3 Å². The Hall–Kier alpha value is -2.03. The third kappa shape index (κ3) is 2.45. The number of ketones is 1. The van der Waals surface area contributed by atoms with E-state index in [2.05, 4.69) is 0 Å². The van der Waals surface area contributed by atoms with Gasteiger partial charge in [-0.1, -0.05) is 25.1 Å². The molecule has 0 atom stereocenters. The zero-order valence-electron chi connectivity index (χ0n) is 9.91. The first-order valence-electron chi connectivity index (χ1n) is 5.70. The largest absolute Gasteiger partial charge is 0.288 e. The maximum absolute atomic E-state index is 13.5. The fourth-order valence-corrected chi connectivity index (χ4v) is 1.76. The van der Waals surface area contributed by atoms with Gasteiger partial charge in [-0.05, 0) is 30.2 Å². The predicted molar refractivity (Wildman–Crippen MR) is 65.6 cm³/mol. The molecular weight excluding hydrogens is 234 g/mol. The molecule has 0 saturated heterocycles. The van der Waals surface area contributed by atoms with Gasteiger partial charge >= 0.3 is 0 Å². The van der Waals surface area contributed by atoms with E-state index >= 15 is 0 Å². The van der Waals surface area contributed by atoms with E-state index in [1.54, 1.807) is 18.2 Å². The highest BCUT2D eigenvalue weighted by Gasteiger charge is 2.14. The van der Waals surface area contributed by atoms with Gasteiger partial charge in [0.15, 0.2) is 5.78 Å². The van der Waals surface area contributed by atoms with E-state index in [0.29, 0.717) is 5.56 Å². The fourth-order valence-electron chi connectivity index (χ4n) is 1.76. The predicted octanol–water partition coefficient (Wildman–Crippen LogP) is 3.76. The third-order valence-electron chi connectivity index (χ3n) is 2.77. The SMILES string of the molecule is CCc1cccc(C(=O)c2ccc(F)cc2F)c1. The van der Waals surface area contributed by atoms with Crippen LogP contribution in [0.5, 0.6) is 0 Å². The highest BCUT2D eigenvalue weighted by Crippen LogP contribution is 2.16. The maximum Gasteiger partial charge on any atom is 0.195 e. The maximum atomic E-state index is 13.5. The van der Waals surface area contributed by atoms with Crippen molar-refractivity contribution >= 4 is 5.78 Å². The second-order valence-electron chi connectivity index (χ2n) is 4.01. The molecule has 0 aliphatic carbocycles. The molecule has 92 valence electrons. The lowest BCUT2D eigenvalue weighted by atomic mass is 10.0. The standard InChI is InChI=1S/C15H12F2O/c1-2-10-4-3-5-11(8-10)15(18)13-7-6-12(16)9-14(13)17/h3-9H,2H2,1H3. The zero-order chi connectivity index (χ0) is 13.1. The van der Waals surface area contributed by atoms with Crippen LogP contribution in [0.15, 0.2) is 42.5 Å². The lowest BCUT2D eigenvalue weighted by molar-refractivity contribution is 0.103. The van der Waals surface area contributed by atoms with Crippen LogP contribution in [0, 0.1) is 11.6 Å². The minimum Gasteiger partial charge on any atom is -0.288 e. The van der Waals surface area contributed by atoms with Gasteiger partial charge in [0.1, 0.15) is 11.6 Å². The van der Waals surface area contributed by atoms with Gasteiger partial charge in [-0.25, -0.2) is 8.78 Å². The Kier molecular flexibility index (Phi) is 3.51. The molecule has 18 heavy (non-hydrogen) atoms. The van der Waals surface area contributed by atoms with Gasteiger partial charge in [0.2, 0.25) is 0 Å². The second kappa shape index (κ2) is 5.08. The molecule has 0 unspecified atom stereocenters. The van der Waals surface area contributed by atoms with Crippen LogP contribution in [-0.2, 0) is 6.42 Å². The van der Waals surface area contributed by atoms with Crippen LogP contribution in [0.3, 0.4) is 0 Å². The molecule has 0 aromatic heterocycles. The van der Waals surface area contributed by atoms with E-state index in [1.807, 2.05) is 13.0 Å². The van der Waals surface area contributed by atoms with E-state index in [1.165, 1.54) is 6.07 Å². The summed E-state index contributed by atoms with van der Waals surface area (Å²) in [5, 5.41) is 0. The molecule has 0 aliphatic heterocycles. The van der Waals surface area contributed by atoms with E-state index in [-0.39, 0.29) is 5.56 Å². The summed E-state index contributed by atoms with van der Waals surface area (Å²) in [4.78, 5) is 12.1. The summed E-state index contributed by atoms with van der Waals surface area (Å²) in [5.74, 6) is -1.95. The first-order valence-corrected chi connectivity index (χ1v) is 5.70. The molecule has 3 heteroatoms. The van der Waals surface area contributed by atoms with Gasteiger partial charge in [-0.3, -0.25) is 4.79 Å². The number of carbonyl (C=O) groups is 1. The molecular formula is C15H12F2O. The van der Waals surface area contributed by atoms with Gasteiger partial charge in [0.25, 0.3) is 0 Å². The Labute approximate surface area is 104 Å². The highest BCUT2D eigenvalue weighted by atomic mass is 19.1. The Bertz CT molecular complexity index is 591. The third-order valence-corrected chi connectivity index (χ3v) is 2.77. The monoisotopic (exact) mass is 246 g/mol. The van der Waals surface area contributed by atoms with E-state index in [4.69, 9.17) is 0 Å². The summed E-state index contributed by atoms with van der Waals surface area (Å²) in [7, 11) is 0. The molecule has 0 heterocycles. The van der Waals surface area contributed by atoms with Crippen molar-refractivity contribution in [2.24, 2.45) is 0 Å². The molecule has 0 radical (unpaired) electrons. The molecule has 0 fully saturated rings. The number of aryl methyl sites for hydroxylation is 1. The van der Waals surface area contributed by atoms with Crippen LogP contribution in [0.2, 0.25) is 0 Å². The van der Waals surface area contributed by atoms with Crippen LogP contribution in [0.25, 0.3) is 0 Å². The fraction of sp³-hybridized carbons (Fsp3) is 0.133. The number of carbonyl (C=O) groups excluding carboxylic acids is 1. The summed E-state index contributed by atoms with van der Waals surface area (Å²) in [6, 6.07) is 9.99. The molecule has 2 aromatic rings. The Morgan fingerprint density at radius 2 is 1.89 bits per heavy atom. The van der Waals surface area contributed by atoms with Crippen LogP contribution in [0.4, 0.5) is 8.78 Å². The van der Waals surface area contributed by atoms with Crippen molar-refractivity contribution in [3.63, 3.8) is 0 Å². The number of hydrogen-bond acceptors (Lipinski definition) is 1. The van der Waals surface area contributed by atoms with Crippen molar-refractivity contribution in [3.8, 4) is 0 Å². The summed E-state index contributed by atoms with van der Waals surface area (Å²) < 4.78 is 26.3. The van der Waals surface area contributed by atoms with Crippen molar-refractivity contribution < 1.29 is 13.6 Å². The zero-order valence-corrected chi connectivity index (χ0v) is 9.91. The minimum atomic E-state index is -0.832. The number of benzene rings is 2. The lowest BCUT2D eigenvalue weighted by Crippen LogP contribution is -2.05. The highest BCUT2D eigenvalue weighted by molar-refractivity contribution is 6.09. The molecule has 2 aromatic carbocycles. The van der Waals surface area contributed by atoms with Crippen LogP contribution >= 0.6 is 0 Å². The molecule has 1 nitrogen and oxygen atoms in total. The van der Waals surface area contributed by atoms with Crippen LogP contribution in [0.1, 0.15) is 28.4 Å². The van der Waals surface area contributed by atoms with E-state index in [9.17, 15) is 13.6 Å². The second-order valence-corrected chi connectivity index (χ2v) is 4.01. The van der Waals surface area contributed by atoms with Crippen molar-refractivity contribution in [3.05, 3.63) is 70.8 Å². The quantitative estimate of drug-likeness (QED) is 0.754. The molecule has 0 saturated carbocycles. The molecule has 0 aliphatic rings. The smallest absolute Gasteiger partial charge is 0.195 e. The molecule has 2 rings (SSSR count). The Morgan fingerprint density at radius 1 is 1.11 bits per heavy atom. The van der Waals surface area contributed by atoms with E-state index in [0.717, 1.165) is 24.1 Å². The van der Waals surface area contributed by atoms with E-state index < -0.39 is 17.4 Å². The number of rotatable bonds is 3. The Morgan fingerprint density at radius 3 is 2.56 bits per heavy atom. The van der Waals surface area contributed by atoms with Gasteiger partial charge in [0, 0.05) is 11.6 Å². The van der Waals surface area contributed by atoms with Crippen molar-refractivity contribution in [2.75, 3.05) is 0 Å². The normalized spacial score (nSPS) is 10.4. The topological polar surface area (TPSA) is 17.1 Å². The van der Waals surface area contributed by atoms with Crippen molar-refractivity contribution in [1.29, 1.82) is 0 Å². The lowest BCUT2D eigenvalue weighted by Gasteiger charge is -2.04. The van der Waals surface area contributed by atoms with Gasteiger partial charge in [-0.15, -0.1) is 0 Å². The molecule has 0 amide bonds. The average molecular weight is 246 g/mol. The molecule has 0 spiro atoms. The van der Waals surface area contributed by atoms with Gasteiger partial charge < -0.3 is 0 Å².